The van der Waals surface area contributed by atoms with Crippen LogP contribution >= 0.6 is 0 Å². The normalized spacial score (nSPS) is 9.21. The molecule has 0 heterocycles. The summed E-state index contributed by atoms with van der Waals surface area (Å²) in [7, 11) is 0. The molecule has 1 aromatic carbocycles. The molecule has 0 atom stereocenters. The van der Waals surface area contributed by atoms with Gasteiger partial charge in [0, 0.05) is 5.69 Å². The third kappa shape index (κ3) is 3.14. The van der Waals surface area contributed by atoms with Crippen LogP contribution in [0, 0.1) is 6.92 Å². The fraction of sp³-hybridized carbons (Fsp3) is 0.111. The van der Waals surface area contributed by atoms with Crippen LogP contribution in [0.15, 0.2) is 24.3 Å². The quantitative estimate of drug-likeness (QED) is 0.626. The van der Waals surface area contributed by atoms with Crippen molar-refractivity contribution >= 4 is 17.7 Å². The van der Waals surface area contributed by atoms with Crippen LogP contribution in [-0.2, 0) is 0 Å². The molecule has 4 N–H and O–H groups in total. The van der Waals surface area contributed by atoms with Gasteiger partial charge in [-0.1, -0.05) is 17.7 Å². The van der Waals surface area contributed by atoms with Crippen molar-refractivity contribution in [2.45, 2.75) is 6.92 Å². The number of anilines is 1. The smallest absolute Gasteiger partial charge is 0.327 e. The van der Waals surface area contributed by atoms with Crippen molar-refractivity contribution in [3.8, 4) is 0 Å². The summed E-state index contributed by atoms with van der Waals surface area (Å²) in [6, 6.07) is 5.64. The number of benzene rings is 1. The maximum Gasteiger partial charge on any atom is 0.327 e. The second kappa shape index (κ2) is 4.27. The highest BCUT2D eigenvalue weighted by Crippen LogP contribution is 2.07. The molecule has 1 aromatic rings. The van der Waals surface area contributed by atoms with Gasteiger partial charge in [-0.3, -0.25) is 5.32 Å². The van der Waals surface area contributed by atoms with E-state index in [0.29, 0.717) is 5.69 Å². The van der Waals surface area contributed by atoms with Gasteiger partial charge in [0.2, 0.25) is 0 Å². The molecule has 0 aliphatic heterocycles. The number of rotatable bonds is 1. The summed E-state index contributed by atoms with van der Waals surface area (Å²) in [5.74, 6) is 0. The lowest BCUT2D eigenvalue weighted by Crippen LogP contribution is -2.38. The van der Waals surface area contributed by atoms with Gasteiger partial charge in [0.25, 0.3) is 0 Å². The van der Waals surface area contributed by atoms with Crippen LogP contribution in [0.2, 0.25) is 0 Å². The highest BCUT2D eigenvalue weighted by Gasteiger charge is 2.02. The first-order chi connectivity index (χ1) is 6.58. The van der Waals surface area contributed by atoms with E-state index < -0.39 is 12.1 Å². The Bertz CT molecular complexity index is 346. The Morgan fingerprint density at radius 3 is 2.29 bits per heavy atom. The fourth-order valence-corrected chi connectivity index (χ4v) is 0.911. The van der Waals surface area contributed by atoms with E-state index >= 15 is 0 Å². The number of primary amides is 1. The van der Waals surface area contributed by atoms with Crippen LogP contribution in [0.4, 0.5) is 15.3 Å². The largest absolute Gasteiger partial charge is 0.351 e. The van der Waals surface area contributed by atoms with Gasteiger partial charge in [0.15, 0.2) is 0 Å². The third-order valence-electron chi connectivity index (χ3n) is 1.55. The van der Waals surface area contributed by atoms with Crippen LogP contribution in [0.5, 0.6) is 0 Å². The number of imide groups is 1. The van der Waals surface area contributed by atoms with Crippen LogP contribution in [-0.4, -0.2) is 12.1 Å². The zero-order valence-corrected chi connectivity index (χ0v) is 7.70. The summed E-state index contributed by atoms with van der Waals surface area (Å²) >= 11 is 0. The molecule has 0 fully saturated rings. The number of aryl methyl sites for hydroxylation is 1. The number of urea groups is 2. The fourth-order valence-electron chi connectivity index (χ4n) is 0.911. The number of nitrogens with one attached hydrogen (secondary N) is 2. The van der Waals surface area contributed by atoms with E-state index in [2.05, 4.69) is 5.32 Å². The molecule has 1 rings (SSSR count). The molecule has 74 valence electrons. The molecule has 0 saturated carbocycles. The van der Waals surface area contributed by atoms with Crippen molar-refractivity contribution in [2.75, 3.05) is 5.32 Å². The van der Waals surface area contributed by atoms with Gasteiger partial charge >= 0.3 is 12.1 Å². The minimum atomic E-state index is -0.880. The van der Waals surface area contributed by atoms with Crippen molar-refractivity contribution in [3.63, 3.8) is 0 Å². The molecule has 0 radical (unpaired) electrons. The maximum atomic E-state index is 11.0. The van der Waals surface area contributed by atoms with Crippen molar-refractivity contribution in [2.24, 2.45) is 5.73 Å². The number of hydrogen-bond acceptors (Lipinski definition) is 2. The number of nitrogens with two attached hydrogens (primary N) is 1. The molecular formula is C9H11N3O2. The predicted molar refractivity (Wildman–Crippen MR) is 52.9 cm³/mol. The lowest BCUT2D eigenvalue weighted by atomic mass is 10.2. The van der Waals surface area contributed by atoms with E-state index in [1.807, 2.05) is 24.4 Å². The molecule has 14 heavy (non-hydrogen) atoms. The number of carbonyl (C=O) groups is 2. The summed E-state index contributed by atoms with van der Waals surface area (Å²) in [6.45, 7) is 1.94. The first-order valence-electron chi connectivity index (χ1n) is 4.02. The lowest BCUT2D eigenvalue weighted by molar-refractivity contribution is 0.238. The molecule has 5 nitrogen and oxygen atoms in total. The zero-order chi connectivity index (χ0) is 10.6. The highest BCUT2D eigenvalue weighted by molar-refractivity contribution is 5.99. The number of carbonyl (C=O) groups excluding carboxylic acids is 2. The van der Waals surface area contributed by atoms with Crippen molar-refractivity contribution in [3.05, 3.63) is 29.8 Å². The van der Waals surface area contributed by atoms with Crippen molar-refractivity contribution in [1.82, 2.24) is 5.32 Å². The van der Waals surface area contributed by atoms with Crippen LogP contribution < -0.4 is 16.4 Å². The Balaban J connectivity index is 2.56. The van der Waals surface area contributed by atoms with Crippen molar-refractivity contribution < 1.29 is 9.59 Å². The maximum absolute atomic E-state index is 11.0. The summed E-state index contributed by atoms with van der Waals surface area (Å²) in [5.41, 5.74) is 6.45. The minimum absolute atomic E-state index is 0.606. The Labute approximate surface area is 81.3 Å². The summed E-state index contributed by atoms with van der Waals surface area (Å²) < 4.78 is 0. The molecule has 5 heteroatoms. The Hall–Kier alpha value is -2.04. The molecular weight excluding hydrogens is 182 g/mol. The molecule has 0 saturated heterocycles. The van der Waals surface area contributed by atoms with Crippen LogP contribution in [0.25, 0.3) is 0 Å². The molecule has 0 spiro atoms. The Morgan fingerprint density at radius 2 is 1.79 bits per heavy atom. The minimum Gasteiger partial charge on any atom is -0.351 e. The highest BCUT2D eigenvalue weighted by atomic mass is 16.2. The predicted octanol–water partition coefficient (Wildman–Crippen LogP) is 1.20. The average Bonchev–Trinajstić information content (AvgIpc) is 2.07. The molecule has 4 amide bonds. The van der Waals surface area contributed by atoms with Gasteiger partial charge in [-0.25, -0.2) is 9.59 Å². The summed E-state index contributed by atoms with van der Waals surface area (Å²) in [4.78, 5) is 21.3. The third-order valence-corrected chi connectivity index (χ3v) is 1.55. The first kappa shape index (κ1) is 10.0. The molecule has 0 bridgehead atoms. The van der Waals surface area contributed by atoms with E-state index in [9.17, 15) is 9.59 Å². The van der Waals surface area contributed by atoms with E-state index in [4.69, 9.17) is 5.73 Å². The van der Waals surface area contributed by atoms with Crippen molar-refractivity contribution in [1.29, 1.82) is 0 Å². The van der Waals surface area contributed by atoms with Gasteiger partial charge in [-0.05, 0) is 19.1 Å². The van der Waals surface area contributed by atoms with E-state index in [1.54, 1.807) is 12.1 Å². The van der Waals surface area contributed by atoms with E-state index in [0.717, 1.165) is 5.56 Å². The second-order valence-electron chi connectivity index (χ2n) is 2.81. The molecule has 0 aromatic heterocycles. The summed E-state index contributed by atoms with van der Waals surface area (Å²) in [6.07, 6.45) is 0. The van der Waals surface area contributed by atoms with Gasteiger partial charge in [-0.2, -0.15) is 0 Å². The van der Waals surface area contributed by atoms with Gasteiger partial charge in [-0.15, -0.1) is 0 Å². The first-order valence-corrected chi connectivity index (χ1v) is 4.02. The number of amides is 4. The SMILES string of the molecule is Cc1ccc(NC(=O)NC(N)=O)cc1. The lowest BCUT2D eigenvalue weighted by Gasteiger charge is -2.04. The van der Waals surface area contributed by atoms with Gasteiger partial charge in [0.1, 0.15) is 0 Å². The van der Waals surface area contributed by atoms with Gasteiger partial charge in [0.05, 0.1) is 0 Å². The second-order valence-corrected chi connectivity index (χ2v) is 2.81. The molecule has 0 aliphatic carbocycles. The van der Waals surface area contributed by atoms with Crippen LogP contribution in [0.1, 0.15) is 5.56 Å². The Kier molecular flexibility index (Phi) is 3.06. The van der Waals surface area contributed by atoms with Gasteiger partial charge < -0.3 is 11.1 Å². The topological polar surface area (TPSA) is 84.2 Å². The monoisotopic (exact) mass is 193 g/mol. The zero-order valence-electron chi connectivity index (χ0n) is 7.70. The summed E-state index contributed by atoms with van der Waals surface area (Å²) in [5, 5.41) is 4.34. The standard InChI is InChI=1S/C9H11N3O2/c1-6-2-4-7(5-3-6)11-9(14)12-8(10)13/h2-5H,1H3,(H4,10,11,12,13,14). The molecule has 0 aliphatic rings. The molecule has 0 unspecified atom stereocenters. The van der Waals surface area contributed by atoms with Crippen LogP contribution in [0.3, 0.4) is 0 Å². The average molecular weight is 193 g/mol. The van der Waals surface area contributed by atoms with E-state index in [-0.39, 0.29) is 0 Å². The van der Waals surface area contributed by atoms with E-state index in [1.165, 1.54) is 0 Å². The Morgan fingerprint density at radius 1 is 1.21 bits per heavy atom. The number of hydrogen-bond donors (Lipinski definition) is 3.